The molecule has 2 aliphatic heterocycles. The van der Waals surface area contributed by atoms with Crippen molar-refractivity contribution in [2.45, 2.75) is 52.4 Å². The number of nitrogens with zero attached hydrogens (tertiary/aromatic N) is 1. The van der Waals surface area contributed by atoms with Gasteiger partial charge in [-0.3, -0.25) is 4.79 Å². The Morgan fingerprint density at radius 3 is 2.63 bits per heavy atom. The number of nitrogens with one attached hydrogen (secondary N) is 1. The molecule has 2 aliphatic rings. The summed E-state index contributed by atoms with van der Waals surface area (Å²) in [4.78, 5) is 14.9. The lowest BCUT2D eigenvalue weighted by molar-refractivity contribution is -0.132. The van der Waals surface area contributed by atoms with Crippen molar-refractivity contribution in [2.75, 3.05) is 26.2 Å². The second-order valence-corrected chi connectivity index (χ2v) is 8.60. The largest absolute Gasteiger partial charge is 0.464 e. The van der Waals surface area contributed by atoms with Gasteiger partial charge in [-0.25, -0.2) is 0 Å². The lowest BCUT2D eigenvalue weighted by atomic mass is 9.78. The first-order valence-electron chi connectivity index (χ1n) is 9.97. The zero-order valence-corrected chi connectivity index (χ0v) is 17.5. The van der Waals surface area contributed by atoms with Gasteiger partial charge in [-0.2, -0.15) is 0 Å². The number of carbonyl (C=O) groups is 1. The molecule has 0 bridgehead atoms. The van der Waals surface area contributed by atoms with Crippen LogP contribution >= 0.6 is 12.4 Å². The number of aryl methyl sites for hydroxylation is 1. The molecule has 1 N–H and O–H groups in total. The third kappa shape index (κ3) is 3.88. The van der Waals surface area contributed by atoms with E-state index in [1.165, 1.54) is 17.5 Å². The number of fused-ring (bicyclic) bond motifs is 1. The molecule has 0 unspecified atom stereocenters. The van der Waals surface area contributed by atoms with Gasteiger partial charge in [0.25, 0.3) is 0 Å². The number of piperidine rings is 1. The van der Waals surface area contributed by atoms with Crippen LogP contribution in [0, 0.1) is 12.3 Å². The van der Waals surface area contributed by atoms with Crippen molar-refractivity contribution in [3.63, 3.8) is 0 Å². The average molecular weight is 391 g/mol. The first-order valence-corrected chi connectivity index (χ1v) is 9.97. The molecule has 2 fully saturated rings. The molecule has 148 valence electrons. The van der Waals surface area contributed by atoms with Crippen LogP contribution in [-0.4, -0.2) is 37.0 Å². The zero-order chi connectivity index (χ0) is 18.3. The van der Waals surface area contributed by atoms with E-state index >= 15 is 0 Å². The van der Waals surface area contributed by atoms with Crippen LogP contribution < -0.4 is 5.32 Å². The Morgan fingerprint density at radius 2 is 2.00 bits per heavy atom. The Bertz CT molecular complexity index is 811. The molecule has 3 heterocycles. The molecule has 1 spiro atoms. The van der Waals surface area contributed by atoms with Crippen LogP contribution in [-0.2, 0) is 11.2 Å². The van der Waals surface area contributed by atoms with Crippen LogP contribution in [0.3, 0.4) is 0 Å². The molecule has 27 heavy (non-hydrogen) atoms. The van der Waals surface area contributed by atoms with Crippen LogP contribution in [0.25, 0.3) is 11.0 Å². The highest BCUT2D eigenvalue weighted by Crippen LogP contribution is 2.37. The molecule has 0 radical (unpaired) electrons. The zero-order valence-electron chi connectivity index (χ0n) is 16.6. The topological polar surface area (TPSA) is 45.5 Å². The van der Waals surface area contributed by atoms with E-state index in [-0.39, 0.29) is 18.3 Å². The van der Waals surface area contributed by atoms with Gasteiger partial charge in [0.2, 0.25) is 5.91 Å². The smallest absolute Gasteiger partial charge is 0.227 e. The molecule has 1 aromatic carbocycles. The molecule has 0 aliphatic carbocycles. The van der Waals surface area contributed by atoms with Gasteiger partial charge in [0.15, 0.2) is 0 Å². The van der Waals surface area contributed by atoms with Crippen molar-refractivity contribution in [3.05, 3.63) is 35.1 Å². The average Bonchev–Trinajstić information content (AvgIpc) is 3.22. The predicted molar refractivity (Wildman–Crippen MR) is 112 cm³/mol. The fourth-order valence-electron chi connectivity index (χ4n) is 4.73. The predicted octanol–water partition coefficient (Wildman–Crippen LogP) is 4.43. The minimum absolute atomic E-state index is 0. The Hall–Kier alpha value is -1.52. The summed E-state index contributed by atoms with van der Waals surface area (Å²) in [7, 11) is 0. The molecule has 4 nitrogen and oxygen atoms in total. The Kier molecular flexibility index (Phi) is 5.87. The third-order valence-corrected chi connectivity index (χ3v) is 6.51. The van der Waals surface area contributed by atoms with Crippen LogP contribution in [0.1, 0.15) is 55.7 Å². The van der Waals surface area contributed by atoms with Gasteiger partial charge in [0.1, 0.15) is 5.58 Å². The second-order valence-electron chi connectivity index (χ2n) is 8.60. The van der Waals surface area contributed by atoms with Gasteiger partial charge in [0, 0.05) is 30.6 Å². The van der Waals surface area contributed by atoms with E-state index in [1.807, 2.05) is 0 Å². The highest BCUT2D eigenvalue weighted by molar-refractivity contribution is 5.88. The SMILES string of the molecule is Cc1cc2occ(CC(=O)N3CCC4(CCNC4)CC3)c2cc1C(C)C.Cl. The van der Waals surface area contributed by atoms with Crippen molar-refractivity contribution in [2.24, 2.45) is 5.41 Å². The summed E-state index contributed by atoms with van der Waals surface area (Å²) in [6.07, 6.45) is 5.75. The highest BCUT2D eigenvalue weighted by atomic mass is 35.5. The normalized spacial score (nSPS) is 19.0. The lowest BCUT2D eigenvalue weighted by Gasteiger charge is -2.38. The number of carbonyl (C=O) groups excluding carboxylic acids is 1. The number of furan rings is 1. The Labute approximate surface area is 168 Å². The maximum atomic E-state index is 12.9. The molecule has 1 aromatic heterocycles. The van der Waals surface area contributed by atoms with Crippen molar-refractivity contribution in [1.82, 2.24) is 10.2 Å². The first-order chi connectivity index (χ1) is 12.5. The molecular formula is C22H31ClN2O2. The van der Waals surface area contributed by atoms with Crippen LogP contribution in [0.2, 0.25) is 0 Å². The molecule has 2 aromatic rings. The summed E-state index contributed by atoms with van der Waals surface area (Å²) in [6.45, 7) is 10.6. The molecule has 1 amide bonds. The minimum Gasteiger partial charge on any atom is -0.464 e. The molecule has 5 heteroatoms. The fraction of sp³-hybridized carbons (Fsp3) is 0.591. The monoisotopic (exact) mass is 390 g/mol. The standard InChI is InChI=1S/C22H30N2O2.ClH/c1-15(2)18-12-19-17(13-26-20(19)10-16(18)3)11-21(25)24-8-5-22(6-9-24)4-7-23-14-22;/h10,12-13,15,23H,4-9,11,14H2,1-3H3;1H. The van der Waals surface area contributed by atoms with Gasteiger partial charge in [-0.1, -0.05) is 13.8 Å². The van der Waals surface area contributed by atoms with Crippen molar-refractivity contribution < 1.29 is 9.21 Å². The summed E-state index contributed by atoms with van der Waals surface area (Å²) < 4.78 is 5.75. The maximum absolute atomic E-state index is 12.9. The number of likely N-dealkylation sites (tertiary alicyclic amines) is 1. The quantitative estimate of drug-likeness (QED) is 0.843. The fourth-order valence-corrected chi connectivity index (χ4v) is 4.73. The van der Waals surface area contributed by atoms with Crippen molar-refractivity contribution in [3.8, 4) is 0 Å². The van der Waals surface area contributed by atoms with Gasteiger partial charge >= 0.3 is 0 Å². The Morgan fingerprint density at radius 1 is 1.26 bits per heavy atom. The van der Waals surface area contributed by atoms with Gasteiger partial charge < -0.3 is 14.6 Å². The van der Waals surface area contributed by atoms with E-state index in [4.69, 9.17) is 4.42 Å². The summed E-state index contributed by atoms with van der Waals surface area (Å²) in [5.74, 6) is 0.705. The molecule has 0 atom stereocenters. The number of amides is 1. The summed E-state index contributed by atoms with van der Waals surface area (Å²) in [5, 5.41) is 4.58. The summed E-state index contributed by atoms with van der Waals surface area (Å²) in [5.41, 5.74) is 4.95. The number of halogens is 1. The van der Waals surface area contributed by atoms with Gasteiger partial charge in [-0.05, 0) is 67.3 Å². The van der Waals surface area contributed by atoms with Crippen LogP contribution in [0.5, 0.6) is 0 Å². The van der Waals surface area contributed by atoms with E-state index in [9.17, 15) is 4.79 Å². The summed E-state index contributed by atoms with van der Waals surface area (Å²) in [6, 6.07) is 4.33. The molecule has 2 saturated heterocycles. The third-order valence-electron chi connectivity index (χ3n) is 6.51. The van der Waals surface area contributed by atoms with Crippen molar-refractivity contribution in [1.29, 1.82) is 0 Å². The van der Waals surface area contributed by atoms with E-state index in [2.05, 4.69) is 43.1 Å². The van der Waals surface area contributed by atoms with E-state index in [1.54, 1.807) is 6.26 Å². The number of hydrogen-bond donors (Lipinski definition) is 1. The van der Waals surface area contributed by atoms with Crippen LogP contribution in [0.15, 0.2) is 22.8 Å². The lowest BCUT2D eigenvalue weighted by Crippen LogP contribution is -2.44. The summed E-state index contributed by atoms with van der Waals surface area (Å²) >= 11 is 0. The van der Waals surface area contributed by atoms with Crippen molar-refractivity contribution >= 4 is 29.3 Å². The highest BCUT2D eigenvalue weighted by Gasteiger charge is 2.38. The van der Waals surface area contributed by atoms with E-state index in [0.29, 0.717) is 17.8 Å². The van der Waals surface area contributed by atoms with Crippen LogP contribution in [0.4, 0.5) is 0 Å². The van der Waals surface area contributed by atoms with E-state index in [0.717, 1.165) is 55.6 Å². The van der Waals surface area contributed by atoms with Gasteiger partial charge in [-0.15, -0.1) is 12.4 Å². The first kappa shape index (κ1) is 20.2. The van der Waals surface area contributed by atoms with E-state index < -0.39 is 0 Å². The second kappa shape index (κ2) is 7.84. The molecular weight excluding hydrogens is 360 g/mol. The number of benzene rings is 1. The molecule has 4 rings (SSSR count). The number of hydrogen-bond acceptors (Lipinski definition) is 3. The maximum Gasteiger partial charge on any atom is 0.227 e. The Balaban J connectivity index is 0.00000210. The molecule has 0 saturated carbocycles. The minimum atomic E-state index is 0. The van der Waals surface area contributed by atoms with Gasteiger partial charge in [0.05, 0.1) is 12.7 Å². The number of rotatable bonds is 3.